The van der Waals surface area contributed by atoms with Crippen LogP contribution in [0.25, 0.3) is 10.8 Å². The Morgan fingerprint density at radius 3 is 2.42 bits per heavy atom. The van der Waals surface area contributed by atoms with E-state index < -0.39 is 24.4 Å². The van der Waals surface area contributed by atoms with Gasteiger partial charge in [0.1, 0.15) is 5.00 Å². The molecular weight excluding hydrogens is 442 g/mol. The summed E-state index contributed by atoms with van der Waals surface area (Å²) in [5, 5.41) is 7.32. The highest BCUT2D eigenvalue weighted by molar-refractivity contribution is 7.17. The van der Waals surface area contributed by atoms with Crippen LogP contribution in [0.15, 0.2) is 36.4 Å². The number of nitrogens with one attached hydrogen (secondary N) is 2. The van der Waals surface area contributed by atoms with Gasteiger partial charge in [0.2, 0.25) is 5.91 Å². The molecule has 3 aromatic rings. The van der Waals surface area contributed by atoms with Crippen LogP contribution >= 0.6 is 11.3 Å². The summed E-state index contributed by atoms with van der Waals surface area (Å²) in [5.41, 5.74) is 7.24. The van der Waals surface area contributed by atoms with Crippen molar-refractivity contribution >= 4 is 56.5 Å². The first-order chi connectivity index (χ1) is 15.8. The van der Waals surface area contributed by atoms with E-state index in [-0.39, 0.29) is 11.5 Å². The molecule has 4 N–H and O–H groups in total. The highest BCUT2D eigenvalue weighted by atomic mass is 32.1. The summed E-state index contributed by atoms with van der Waals surface area (Å²) in [6.45, 7) is 0.792. The molecule has 170 valence electrons. The number of fused-ring (bicyclic) bond motifs is 2. The number of amides is 3. The maximum atomic E-state index is 12.8. The fourth-order valence-corrected chi connectivity index (χ4v) is 5.30. The first kappa shape index (κ1) is 22.5. The number of hydrogen-bond acceptors (Lipinski definition) is 6. The van der Waals surface area contributed by atoms with Crippen molar-refractivity contribution in [2.45, 2.75) is 32.6 Å². The van der Waals surface area contributed by atoms with E-state index >= 15 is 0 Å². The number of primary amides is 1. The zero-order valence-electron chi connectivity index (χ0n) is 18.0. The van der Waals surface area contributed by atoms with Crippen molar-refractivity contribution in [3.63, 3.8) is 0 Å². The Balaban J connectivity index is 1.50. The highest BCUT2D eigenvalue weighted by Crippen LogP contribution is 2.37. The molecule has 0 radical (unpaired) electrons. The van der Waals surface area contributed by atoms with Gasteiger partial charge in [0, 0.05) is 11.8 Å². The second-order valence-electron chi connectivity index (χ2n) is 7.83. The first-order valence-corrected chi connectivity index (χ1v) is 11.4. The third-order valence-electron chi connectivity index (χ3n) is 5.42. The first-order valence-electron chi connectivity index (χ1n) is 10.5. The molecule has 1 heterocycles. The Bertz CT molecular complexity index is 1280. The smallest absolute Gasteiger partial charge is 0.340 e. The number of aryl methyl sites for hydroxylation is 1. The van der Waals surface area contributed by atoms with Crippen LogP contribution in [0.4, 0.5) is 10.7 Å². The summed E-state index contributed by atoms with van der Waals surface area (Å²) in [7, 11) is 0. The van der Waals surface area contributed by atoms with Crippen LogP contribution in [0, 0.1) is 0 Å². The molecule has 0 aliphatic heterocycles. The van der Waals surface area contributed by atoms with Crippen molar-refractivity contribution in [2.24, 2.45) is 5.73 Å². The number of benzene rings is 2. The Morgan fingerprint density at radius 1 is 1.03 bits per heavy atom. The molecule has 8 nitrogen and oxygen atoms in total. The summed E-state index contributed by atoms with van der Waals surface area (Å²) in [5.74, 6) is -2.25. The molecular formula is C24H23N3O5S. The minimum Gasteiger partial charge on any atom is -0.452 e. The number of thiophene rings is 1. The van der Waals surface area contributed by atoms with Crippen LogP contribution in [-0.4, -0.2) is 30.3 Å². The minimum atomic E-state index is -0.750. The van der Waals surface area contributed by atoms with E-state index in [9.17, 15) is 19.2 Å². The lowest BCUT2D eigenvalue weighted by Gasteiger charge is -2.12. The Morgan fingerprint density at radius 2 is 1.73 bits per heavy atom. The lowest BCUT2D eigenvalue weighted by Crippen LogP contribution is -2.23. The predicted molar refractivity (Wildman–Crippen MR) is 127 cm³/mol. The van der Waals surface area contributed by atoms with E-state index in [1.54, 1.807) is 12.1 Å². The van der Waals surface area contributed by atoms with Gasteiger partial charge in [0.05, 0.1) is 16.8 Å². The molecule has 0 saturated heterocycles. The third-order valence-corrected chi connectivity index (χ3v) is 6.63. The molecule has 33 heavy (non-hydrogen) atoms. The number of hydrogen-bond donors (Lipinski definition) is 3. The third kappa shape index (κ3) is 4.88. The van der Waals surface area contributed by atoms with Crippen LogP contribution < -0.4 is 16.4 Å². The minimum absolute atomic E-state index is 0.140. The predicted octanol–water partition coefficient (Wildman–Crippen LogP) is 3.63. The second kappa shape index (κ2) is 9.41. The second-order valence-corrected chi connectivity index (χ2v) is 8.93. The lowest BCUT2D eigenvalue weighted by atomic mass is 9.95. The maximum Gasteiger partial charge on any atom is 0.340 e. The Labute approximate surface area is 194 Å². The van der Waals surface area contributed by atoms with Crippen molar-refractivity contribution in [3.05, 3.63) is 58.0 Å². The number of carbonyl (C=O) groups is 4. The zero-order valence-corrected chi connectivity index (χ0v) is 18.8. The average molecular weight is 466 g/mol. The molecule has 0 atom stereocenters. The lowest BCUT2D eigenvalue weighted by molar-refractivity contribution is -0.119. The van der Waals surface area contributed by atoms with Gasteiger partial charge >= 0.3 is 5.97 Å². The molecule has 0 fully saturated rings. The van der Waals surface area contributed by atoms with E-state index in [0.717, 1.165) is 46.9 Å². The van der Waals surface area contributed by atoms with Crippen molar-refractivity contribution in [2.75, 3.05) is 17.2 Å². The van der Waals surface area contributed by atoms with E-state index in [1.165, 1.54) is 18.3 Å². The van der Waals surface area contributed by atoms with Gasteiger partial charge in [0.15, 0.2) is 6.61 Å². The summed E-state index contributed by atoms with van der Waals surface area (Å²) >= 11 is 1.34. The molecule has 0 unspecified atom stereocenters. The SMILES string of the molecule is CC(=O)Nc1cc2ccccc2cc1C(=O)OCC(=O)Nc1sc2c(c1C(N)=O)CCCC2. The molecule has 3 amide bonds. The summed E-state index contributed by atoms with van der Waals surface area (Å²) < 4.78 is 5.22. The van der Waals surface area contributed by atoms with Gasteiger partial charge in [0.25, 0.3) is 11.8 Å². The molecule has 4 rings (SSSR count). The Kier molecular flexibility index (Phi) is 6.41. The van der Waals surface area contributed by atoms with Crippen molar-refractivity contribution in [1.82, 2.24) is 0 Å². The number of carbonyl (C=O) groups excluding carboxylic acids is 4. The van der Waals surface area contributed by atoms with Gasteiger partial charge in [-0.05, 0) is 54.2 Å². The summed E-state index contributed by atoms with van der Waals surface area (Å²) in [6.07, 6.45) is 3.60. The molecule has 0 bridgehead atoms. The standard InChI is InChI=1S/C24H23N3O5S/c1-13(28)26-18-11-15-7-3-2-6-14(15)10-17(18)24(31)32-12-20(29)27-23-21(22(25)30)16-8-4-5-9-19(16)33-23/h2-3,6-7,10-11H,4-5,8-9,12H2,1H3,(H2,25,30)(H,26,28)(H,27,29). The van der Waals surface area contributed by atoms with Crippen LogP contribution in [0.1, 0.15) is 50.9 Å². The molecule has 0 saturated carbocycles. The molecule has 0 spiro atoms. The van der Waals surface area contributed by atoms with E-state index in [1.807, 2.05) is 24.3 Å². The van der Waals surface area contributed by atoms with Gasteiger partial charge in [-0.25, -0.2) is 4.79 Å². The Hall–Kier alpha value is -3.72. The highest BCUT2D eigenvalue weighted by Gasteiger charge is 2.25. The normalized spacial score (nSPS) is 12.6. The number of nitrogens with two attached hydrogens (primary N) is 1. The quantitative estimate of drug-likeness (QED) is 0.479. The van der Waals surface area contributed by atoms with Crippen LogP contribution in [0.2, 0.25) is 0 Å². The monoisotopic (exact) mass is 465 g/mol. The van der Waals surface area contributed by atoms with Gasteiger partial charge < -0.3 is 21.1 Å². The number of ether oxygens (including phenoxy) is 1. The fourth-order valence-electron chi connectivity index (χ4n) is 3.99. The molecule has 2 aromatic carbocycles. The molecule has 1 aliphatic rings. The van der Waals surface area contributed by atoms with Crippen molar-refractivity contribution < 1.29 is 23.9 Å². The van der Waals surface area contributed by atoms with Crippen molar-refractivity contribution in [3.8, 4) is 0 Å². The summed E-state index contributed by atoms with van der Waals surface area (Å²) in [6, 6.07) is 10.7. The largest absolute Gasteiger partial charge is 0.452 e. The van der Waals surface area contributed by atoms with E-state index in [4.69, 9.17) is 10.5 Å². The fraction of sp³-hybridized carbons (Fsp3) is 0.250. The van der Waals surface area contributed by atoms with Crippen molar-refractivity contribution in [1.29, 1.82) is 0 Å². The van der Waals surface area contributed by atoms with Gasteiger partial charge in [-0.2, -0.15) is 0 Å². The van der Waals surface area contributed by atoms with Crippen LogP contribution in [0.3, 0.4) is 0 Å². The van der Waals surface area contributed by atoms with Gasteiger partial charge in [-0.3, -0.25) is 14.4 Å². The molecule has 1 aromatic heterocycles. The van der Waals surface area contributed by atoms with Gasteiger partial charge in [-0.15, -0.1) is 11.3 Å². The number of esters is 1. The number of rotatable bonds is 6. The van der Waals surface area contributed by atoms with Crippen LogP contribution in [0.5, 0.6) is 0 Å². The number of anilines is 2. The average Bonchev–Trinajstić information content (AvgIpc) is 3.14. The van der Waals surface area contributed by atoms with Crippen LogP contribution in [-0.2, 0) is 27.2 Å². The molecule has 9 heteroatoms. The van der Waals surface area contributed by atoms with E-state index in [0.29, 0.717) is 16.3 Å². The molecule has 1 aliphatic carbocycles. The van der Waals surface area contributed by atoms with E-state index in [2.05, 4.69) is 10.6 Å². The summed E-state index contributed by atoms with van der Waals surface area (Å²) in [4.78, 5) is 49.9. The van der Waals surface area contributed by atoms with Gasteiger partial charge in [-0.1, -0.05) is 24.3 Å². The zero-order chi connectivity index (χ0) is 23.5. The maximum absolute atomic E-state index is 12.8. The topological polar surface area (TPSA) is 128 Å².